The Morgan fingerprint density at radius 3 is 2.33 bits per heavy atom. The molecular weight excluding hydrogens is 232 g/mol. The topological polar surface area (TPSA) is 78.4 Å². The van der Waals surface area contributed by atoms with Crippen molar-refractivity contribution < 1.29 is 14.7 Å². The second-order valence-electron chi connectivity index (χ2n) is 6.02. The molecule has 0 aliphatic heterocycles. The quantitative estimate of drug-likeness (QED) is 0.673. The molecule has 2 rings (SSSR count). The maximum Gasteiger partial charge on any atom is 0.326 e. The van der Waals surface area contributed by atoms with Gasteiger partial charge in [-0.15, -0.1) is 0 Å². The summed E-state index contributed by atoms with van der Waals surface area (Å²) < 4.78 is 0. The van der Waals surface area contributed by atoms with Gasteiger partial charge in [-0.05, 0) is 42.9 Å². The van der Waals surface area contributed by atoms with E-state index in [2.05, 4.69) is 10.6 Å². The highest BCUT2D eigenvalue weighted by Crippen LogP contribution is 2.60. The van der Waals surface area contributed by atoms with Gasteiger partial charge in [-0.2, -0.15) is 0 Å². The molecule has 2 saturated carbocycles. The average Bonchev–Trinajstić information content (AvgIpc) is 3.14. The van der Waals surface area contributed by atoms with Gasteiger partial charge in [-0.1, -0.05) is 13.8 Å². The van der Waals surface area contributed by atoms with Crippen LogP contribution in [-0.4, -0.2) is 29.7 Å². The van der Waals surface area contributed by atoms with E-state index in [0.29, 0.717) is 12.0 Å². The Bertz CT molecular complexity index is 346. The van der Waals surface area contributed by atoms with Gasteiger partial charge in [0.2, 0.25) is 0 Å². The van der Waals surface area contributed by atoms with Crippen LogP contribution >= 0.6 is 0 Å². The highest BCUT2D eigenvalue weighted by Gasteiger charge is 2.53. The molecule has 0 spiro atoms. The van der Waals surface area contributed by atoms with Gasteiger partial charge >= 0.3 is 12.0 Å². The molecule has 5 heteroatoms. The third-order valence-electron chi connectivity index (χ3n) is 4.16. The first kappa shape index (κ1) is 13.2. The van der Waals surface area contributed by atoms with E-state index in [1.807, 2.05) is 0 Å². The lowest BCUT2D eigenvalue weighted by atomic mass is 10.0. The Balaban J connectivity index is 1.76. The molecule has 0 bridgehead atoms. The van der Waals surface area contributed by atoms with Crippen molar-refractivity contribution >= 4 is 12.0 Å². The van der Waals surface area contributed by atoms with Crippen molar-refractivity contribution in [2.75, 3.05) is 6.54 Å². The number of carbonyl (C=O) groups excluding carboxylic acids is 1. The maximum atomic E-state index is 11.7. The van der Waals surface area contributed by atoms with Gasteiger partial charge < -0.3 is 15.7 Å². The van der Waals surface area contributed by atoms with E-state index in [1.54, 1.807) is 13.8 Å². The summed E-state index contributed by atoms with van der Waals surface area (Å²) in [5.74, 6) is -0.312. The molecule has 18 heavy (non-hydrogen) atoms. The molecular formula is C13H22N2O3. The molecule has 3 N–H and O–H groups in total. The van der Waals surface area contributed by atoms with Crippen molar-refractivity contribution in [1.29, 1.82) is 0 Å². The van der Waals surface area contributed by atoms with Gasteiger partial charge in [-0.3, -0.25) is 0 Å². The first-order valence-electron chi connectivity index (χ1n) is 6.72. The summed E-state index contributed by atoms with van der Waals surface area (Å²) in [5, 5.41) is 14.3. The predicted octanol–water partition coefficient (Wildman–Crippen LogP) is 1.58. The van der Waals surface area contributed by atoms with Gasteiger partial charge in [0, 0.05) is 6.54 Å². The summed E-state index contributed by atoms with van der Waals surface area (Å²) in [6.07, 6.45) is 4.97. The molecule has 0 heterocycles. The van der Waals surface area contributed by atoms with E-state index in [9.17, 15) is 9.59 Å². The number of urea groups is 1. The average molecular weight is 254 g/mol. The summed E-state index contributed by atoms with van der Waals surface area (Å²) in [4.78, 5) is 22.7. The Labute approximate surface area is 107 Å². The van der Waals surface area contributed by atoms with Crippen LogP contribution in [0.15, 0.2) is 0 Å². The number of rotatable bonds is 6. The van der Waals surface area contributed by atoms with Crippen LogP contribution in [0.5, 0.6) is 0 Å². The van der Waals surface area contributed by atoms with Gasteiger partial charge in [0.25, 0.3) is 0 Å². The van der Waals surface area contributed by atoms with Crippen LogP contribution < -0.4 is 10.6 Å². The van der Waals surface area contributed by atoms with E-state index in [-0.39, 0.29) is 11.9 Å². The van der Waals surface area contributed by atoms with Gasteiger partial charge in [0.1, 0.15) is 6.04 Å². The molecule has 2 aliphatic carbocycles. The van der Waals surface area contributed by atoms with Crippen molar-refractivity contribution in [2.24, 2.45) is 17.3 Å². The standard InChI is InChI=1S/C13H22N2O3/c1-8(2)10(11(16)17)15-12(18)14-7-13(5-6-13)9-3-4-9/h8-10H,3-7H2,1-2H3,(H,16,17)(H2,14,15,18)/t10-/m0/s1. The molecule has 0 saturated heterocycles. The molecule has 0 aromatic carbocycles. The van der Waals surface area contributed by atoms with Crippen molar-refractivity contribution in [1.82, 2.24) is 10.6 Å². The molecule has 1 atom stereocenters. The van der Waals surface area contributed by atoms with E-state index >= 15 is 0 Å². The summed E-state index contributed by atoms with van der Waals surface area (Å²) in [7, 11) is 0. The largest absolute Gasteiger partial charge is 0.480 e. The Hall–Kier alpha value is -1.26. The fourth-order valence-electron chi connectivity index (χ4n) is 2.55. The third kappa shape index (κ3) is 2.94. The number of hydrogen-bond acceptors (Lipinski definition) is 2. The monoisotopic (exact) mass is 254 g/mol. The van der Waals surface area contributed by atoms with Gasteiger partial charge in [-0.25, -0.2) is 9.59 Å². The van der Waals surface area contributed by atoms with Crippen molar-refractivity contribution in [2.45, 2.75) is 45.6 Å². The van der Waals surface area contributed by atoms with E-state index in [1.165, 1.54) is 25.7 Å². The zero-order valence-corrected chi connectivity index (χ0v) is 11.0. The van der Waals surface area contributed by atoms with Crippen molar-refractivity contribution in [3.05, 3.63) is 0 Å². The normalized spacial score (nSPS) is 22.4. The summed E-state index contributed by atoms with van der Waals surface area (Å²) in [6, 6.07) is -1.18. The molecule has 0 radical (unpaired) electrons. The highest BCUT2D eigenvalue weighted by atomic mass is 16.4. The molecule has 2 fully saturated rings. The van der Waals surface area contributed by atoms with Crippen LogP contribution in [0.3, 0.4) is 0 Å². The molecule has 2 amide bonds. The number of aliphatic carboxylic acids is 1. The van der Waals surface area contributed by atoms with Crippen LogP contribution in [0.4, 0.5) is 4.79 Å². The molecule has 102 valence electrons. The third-order valence-corrected chi connectivity index (χ3v) is 4.16. The van der Waals surface area contributed by atoms with Crippen molar-refractivity contribution in [3.8, 4) is 0 Å². The Morgan fingerprint density at radius 2 is 1.94 bits per heavy atom. The first-order valence-corrected chi connectivity index (χ1v) is 6.72. The maximum absolute atomic E-state index is 11.7. The van der Waals surface area contributed by atoms with E-state index in [4.69, 9.17) is 5.11 Å². The van der Waals surface area contributed by atoms with E-state index < -0.39 is 12.0 Å². The summed E-state index contributed by atoms with van der Waals surface area (Å²) >= 11 is 0. The number of amides is 2. The Kier molecular flexibility index (Phi) is 3.50. The van der Waals surface area contributed by atoms with Crippen molar-refractivity contribution in [3.63, 3.8) is 0 Å². The molecule has 0 aromatic heterocycles. The number of carboxylic acids is 1. The minimum Gasteiger partial charge on any atom is -0.480 e. The highest BCUT2D eigenvalue weighted by molar-refractivity contribution is 5.82. The lowest BCUT2D eigenvalue weighted by molar-refractivity contribution is -0.140. The summed E-state index contributed by atoms with van der Waals surface area (Å²) in [6.45, 7) is 4.26. The molecule has 2 aliphatic rings. The minimum absolute atomic E-state index is 0.119. The fourth-order valence-corrected chi connectivity index (χ4v) is 2.55. The smallest absolute Gasteiger partial charge is 0.326 e. The number of hydrogen-bond donors (Lipinski definition) is 3. The first-order chi connectivity index (χ1) is 8.44. The summed E-state index contributed by atoms with van der Waals surface area (Å²) in [5.41, 5.74) is 0.341. The molecule has 5 nitrogen and oxygen atoms in total. The van der Waals surface area contributed by atoms with Crippen LogP contribution in [0.2, 0.25) is 0 Å². The zero-order chi connectivity index (χ0) is 13.3. The fraction of sp³-hybridized carbons (Fsp3) is 0.846. The van der Waals surface area contributed by atoms with Crippen LogP contribution in [0.1, 0.15) is 39.5 Å². The van der Waals surface area contributed by atoms with Crippen LogP contribution in [0, 0.1) is 17.3 Å². The SMILES string of the molecule is CC(C)[C@H](NC(=O)NCC1(C2CC2)CC1)C(=O)O. The van der Waals surface area contributed by atoms with Crippen LogP contribution in [-0.2, 0) is 4.79 Å². The van der Waals surface area contributed by atoms with Gasteiger partial charge in [0.05, 0.1) is 0 Å². The molecule has 0 aromatic rings. The second kappa shape index (κ2) is 4.78. The zero-order valence-electron chi connectivity index (χ0n) is 11.0. The number of carboxylic acid groups (broad SMARTS) is 1. The minimum atomic E-state index is -0.983. The lowest BCUT2D eigenvalue weighted by Gasteiger charge is -2.20. The predicted molar refractivity (Wildman–Crippen MR) is 67.2 cm³/mol. The number of nitrogens with one attached hydrogen (secondary N) is 2. The molecule has 0 unspecified atom stereocenters. The van der Waals surface area contributed by atoms with Crippen LogP contribution in [0.25, 0.3) is 0 Å². The lowest BCUT2D eigenvalue weighted by Crippen LogP contribution is -2.49. The number of carbonyl (C=O) groups is 2. The second-order valence-corrected chi connectivity index (χ2v) is 6.02. The van der Waals surface area contributed by atoms with Gasteiger partial charge in [0.15, 0.2) is 0 Å². The Morgan fingerprint density at radius 1 is 1.33 bits per heavy atom. The van der Waals surface area contributed by atoms with E-state index in [0.717, 1.165) is 5.92 Å².